The molecule has 2 aromatic rings. The first-order valence-electron chi connectivity index (χ1n) is 10.3. The maximum Gasteiger partial charge on any atom is 0.261 e. The Kier molecular flexibility index (Phi) is 6.53. The van der Waals surface area contributed by atoms with Gasteiger partial charge in [0.1, 0.15) is 11.5 Å². The van der Waals surface area contributed by atoms with Crippen LogP contribution in [0.1, 0.15) is 46.4 Å². The maximum atomic E-state index is 12.8. The summed E-state index contributed by atoms with van der Waals surface area (Å²) in [4.78, 5) is 38.4. The van der Waals surface area contributed by atoms with Gasteiger partial charge in [0.2, 0.25) is 5.91 Å². The molecule has 8 heteroatoms. The van der Waals surface area contributed by atoms with Crippen LogP contribution in [-0.2, 0) is 9.53 Å². The minimum atomic E-state index is -0.323. The molecule has 0 aromatic heterocycles. The summed E-state index contributed by atoms with van der Waals surface area (Å²) < 4.78 is 11.4. The molecule has 1 saturated heterocycles. The number of carbonyl (C=O) groups excluding carboxylic acids is 3. The summed E-state index contributed by atoms with van der Waals surface area (Å²) in [5.41, 5.74) is 1.38. The Labute approximate surface area is 185 Å². The van der Waals surface area contributed by atoms with E-state index < -0.39 is 0 Å². The summed E-state index contributed by atoms with van der Waals surface area (Å²) in [6.07, 6.45) is 2.70. The summed E-state index contributed by atoms with van der Waals surface area (Å²) in [5.74, 6) is 0.738. The van der Waals surface area contributed by atoms with E-state index in [1.807, 2.05) is 0 Å². The van der Waals surface area contributed by atoms with Crippen LogP contribution in [0.4, 0.5) is 5.69 Å². The van der Waals surface area contributed by atoms with Gasteiger partial charge in [-0.3, -0.25) is 19.3 Å². The summed E-state index contributed by atoms with van der Waals surface area (Å²) >= 11 is 5.60. The number of imide groups is 1. The highest BCUT2D eigenvalue weighted by atomic mass is 35.5. The van der Waals surface area contributed by atoms with E-state index in [1.54, 1.807) is 42.5 Å². The lowest BCUT2D eigenvalue weighted by molar-refractivity contribution is -0.116. The molecule has 0 aliphatic carbocycles. The van der Waals surface area contributed by atoms with Gasteiger partial charge in [-0.25, -0.2) is 0 Å². The van der Waals surface area contributed by atoms with Gasteiger partial charge in [-0.2, -0.15) is 0 Å². The minimum absolute atomic E-state index is 0.0909. The Morgan fingerprint density at radius 1 is 1.10 bits per heavy atom. The van der Waals surface area contributed by atoms with Gasteiger partial charge >= 0.3 is 0 Å². The number of benzene rings is 2. The molecule has 4 rings (SSSR count). The van der Waals surface area contributed by atoms with Crippen LogP contribution in [0.3, 0.4) is 0 Å². The zero-order valence-corrected chi connectivity index (χ0v) is 17.7. The van der Waals surface area contributed by atoms with Gasteiger partial charge in [-0.15, -0.1) is 11.6 Å². The van der Waals surface area contributed by atoms with E-state index in [0.29, 0.717) is 53.6 Å². The van der Waals surface area contributed by atoms with Crippen molar-refractivity contribution in [2.24, 2.45) is 0 Å². The third kappa shape index (κ3) is 4.89. The smallest absolute Gasteiger partial charge is 0.261 e. The summed E-state index contributed by atoms with van der Waals surface area (Å²) in [5, 5.41) is 2.80. The largest absolute Gasteiger partial charge is 0.457 e. The Hall–Kier alpha value is -2.90. The molecule has 1 fully saturated rings. The lowest BCUT2D eigenvalue weighted by atomic mass is 10.1. The highest BCUT2D eigenvalue weighted by Gasteiger charge is 2.37. The van der Waals surface area contributed by atoms with E-state index in [1.165, 1.54) is 4.90 Å². The number of halogens is 1. The molecule has 0 bridgehead atoms. The molecule has 162 valence electrons. The SMILES string of the molecule is O=C(CCCCl)Nc1ccc(Oc2ccc3c(c2)C(=O)N(CC2CCCO2)C3=O)cc1. The van der Waals surface area contributed by atoms with E-state index in [9.17, 15) is 14.4 Å². The zero-order chi connectivity index (χ0) is 21.8. The number of amides is 3. The third-order valence-electron chi connectivity index (χ3n) is 5.26. The van der Waals surface area contributed by atoms with Gasteiger partial charge < -0.3 is 14.8 Å². The molecule has 0 saturated carbocycles. The molecule has 31 heavy (non-hydrogen) atoms. The van der Waals surface area contributed by atoms with Gasteiger partial charge in [0.15, 0.2) is 0 Å². The average molecular weight is 443 g/mol. The molecule has 0 spiro atoms. The second kappa shape index (κ2) is 9.49. The Morgan fingerprint density at radius 3 is 2.55 bits per heavy atom. The van der Waals surface area contributed by atoms with E-state index >= 15 is 0 Å². The summed E-state index contributed by atoms with van der Waals surface area (Å²) in [6.45, 7) is 0.947. The quantitative estimate of drug-likeness (QED) is 0.489. The number of carbonyl (C=O) groups is 3. The minimum Gasteiger partial charge on any atom is -0.457 e. The molecule has 3 amide bonds. The first-order chi connectivity index (χ1) is 15.0. The first-order valence-corrected chi connectivity index (χ1v) is 10.8. The second-order valence-electron chi connectivity index (χ2n) is 7.53. The predicted molar refractivity (Wildman–Crippen MR) is 116 cm³/mol. The van der Waals surface area contributed by atoms with Crippen molar-refractivity contribution in [3.8, 4) is 11.5 Å². The van der Waals surface area contributed by atoms with E-state index in [-0.39, 0.29) is 30.4 Å². The van der Waals surface area contributed by atoms with Crippen LogP contribution < -0.4 is 10.1 Å². The molecular weight excluding hydrogens is 420 g/mol. The molecule has 1 atom stereocenters. The third-order valence-corrected chi connectivity index (χ3v) is 5.53. The number of ether oxygens (including phenoxy) is 2. The molecule has 7 nitrogen and oxygen atoms in total. The van der Waals surface area contributed by atoms with E-state index in [2.05, 4.69) is 5.32 Å². The standard InChI is InChI=1S/C23H23ClN2O5/c24-11-1-4-21(27)25-15-5-7-16(8-6-15)31-17-9-10-19-20(13-17)23(29)26(22(19)28)14-18-3-2-12-30-18/h5-10,13,18H,1-4,11-12,14H2,(H,25,27). The van der Waals surface area contributed by atoms with Crippen molar-refractivity contribution < 1.29 is 23.9 Å². The molecule has 2 aliphatic rings. The number of nitrogens with one attached hydrogen (secondary N) is 1. The fourth-order valence-corrected chi connectivity index (χ4v) is 3.82. The molecule has 2 aliphatic heterocycles. The van der Waals surface area contributed by atoms with Gasteiger partial charge in [-0.05, 0) is 61.7 Å². The van der Waals surface area contributed by atoms with E-state index in [0.717, 1.165) is 12.8 Å². The van der Waals surface area contributed by atoms with Crippen LogP contribution in [-0.4, -0.2) is 47.8 Å². The summed E-state index contributed by atoms with van der Waals surface area (Å²) in [6, 6.07) is 11.8. The van der Waals surface area contributed by atoms with Crippen molar-refractivity contribution in [2.75, 3.05) is 24.3 Å². The monoisotopic (exact) mass is 442 g/mol. The fraction of sp³-hybridized carbons (Fsp3) is 0.348. The molecule has 0 radical (unpaired) electrons. The van der Waals surface area contributed by atoms with Crippen LogP contribution in [0.5, 0.6) is 11.5 Å². The van der Waals surface area contributed by atoms with Crippen LogP contribution >= 0.6 is 11.6 Å². The van der Waals surface area contributed by atoms with Crippen molar-refractivity contribution in [2.45, 2.75) is 31.8 Å². The fourth-order valence-electron chi connectivity index (χ4n) is 3.68. The van der Waals surface area contributed by atoms with Crippen molar-refractivity contribution in [3.05, 3.63) is 53.6 Å². The lowest BCUT2D eigenvalue weighted by Crippen LogP contribution is -2.36. The normalized spacial score (nSPS) is 17.7. The number of alkyl halides is 1. The predicted octanol–water partition coefficient (Wildman–Crippen LogP) is 4.21. The van der Waals surface area contributed by atoms with Gasteiger partial charge in [0.05, 0.1) is 23.8 Å². The number of anilines is 1. The highest BCUT2D eigenvalue weighted by Crippen LogP contribution is 2.30. The van der Waals surface area contributed by atoms with Crippen LogP contribution in [0.25, 0.3) is 0 Å². The van der Waals surface area contributed by atoms with Crippen molar-refractivity contribution >= 4 is 35.0 Å². The molecule has 1 unspecified atom stereocenters. The van der Waals surface area contributed by atoms with Gasteiger partial charge in [0, 0.05) is 24.6 Å². The molecule has 2 heterocycles. The van der Waals surface area contributed by atoms with Crippen molar-refractivity contribution in [3.63, 3.8) is 0 Å². The van der Waals surface area contributed by atoms with Gasteiger partial charge in [-0.1, -0.05) is 0 Å². The van der Waals surface area contributed by atoms with E-state index in [4.69, 9.17) is 21.1 Å². The molecular formula is C23H23ClN2O5. The Bertz CT molecular complexity index is 986. The van der Waals surface area contributed by atoms with Crippen LogP contribution in [0.15, 0.2) is 42.5 Å². The van der Waals surface area contributed by atoms with Crippen molar-refractivity contribution in [1.82, 2.24) is 4.90 Å². The van der Waals surface area contributed by atoms with Crippen LogP contribution in [0.2, 0.25) is 0 Å². The Balaban J connectivity index is 1.41. The Morgan fingerprint density at radius 2 is 1.84 bits per heavy atom. The van der Waals surface area contributed by atoms with Crippen LogP contribution in [0, 0.1) is 0 Å². The molecule has 1 N–H and O–H groups in total. The maximum absolute atomic E-state index is 12.8. The lowest BCUT2D eigenvalue weighted by Gasteiger charge is -2.17. The topological polar surface area (TPSA) is 84.9 Å². The average Bonchev–Trinajstić information content (AvgIpc) is 3.37. The zero-order valence-electron chi connectivity index (χ0n) is 16.9. The number of hydrogen-bond donors (Lipinski definition) is 1. The number of fused-ring (bicyclic) bond motifs is 1. The second-order valence-corrected chi connectivity index (χ2v) is 7.91. The van der Waals surface area contributed by atoms with Crippen molar-refractivity contribution in [1.29, 1.82) is 0 Å². The molecule has 2 aromatic carbocycles. The number of hydrogen-bond acceptors (Lipinski definition) is 5. The number of nitrogens with zero attached hydrogens (tertiary/aromatic N) is 1. The van der Waals surface area contributed by atoms with Gasteiger partial charge in [0.25, 0.3) is 11.8 Å². The summed E-state index contributed by atoms with van der Waals surface area (Å²) in [7, 11) is 0. The number of rotatable bonds is 8. The highest BCUT2D eigenvalue weighted by molar-refractivity contribution is 6.21. The first kappa shape index (κ1) is 21.3.